The van der Waals surface area contributed by atoms with Crippen LogP contribution in [-0.2, 0) is 0 Å². The molecule has 0 atom stereocenters. The van der Waals surface area contributed by atoms with Crippen LogP contribution in [0.4, 0.5) is 0 Å². The molecular formula is C18H22. The number of hydrogen-bond donors (Lipinski definition) is 0. The molecule has 0 heteroatoms. The lowest BCUT2D eigenvalue weighted by Gasteiger charge is -2.10. The predicted molar refractivity (Wildman–Crippen MR) is 82.6 cm³/mol. The Morgan fingerprint density at radius 2 is 1.44 bits per heavy atom. The fourth-order valence-electron chi connectivity index (χ4n) is 1.85. The highest BCUT2D eigenvalue weighted by atomic mass is 14.1. The lowest BCUT2D eigenvalue weighted by molar-refractivity contribution is 1.25. The Morgan fingerprint density at radius 3 is 2.06 bits per heavy atom. The van der Waals surface area contributed by atoms with E-state index < -0.39 is 0 Å². The van der Waals surface area contributed by atoms with E-state index in [-0.39, 0.29) is 0 Å². The summed E-state index contributed by atoms with van der Waals surface area (Å²) in [5, 5.41) is 0. The van der Waals surface area contributed by atoms with Crippen LogP contribution in [0, 0.1) is 0 Å². The Bertz CT molecular complexity index is 480. The molecule has 0 aromatic heterocycles. The van der Waals surface area contributed by atoms with E-state index in [0.717, 1.165) is 6.42 Å². The summed E-state index contributed by atoms with van der Waals surface area (Å²) in [7, 11) is 0. The zero-order chi connectivity index (χ0) is 13.4. The molecule has 0 aliphatic heterocycles. The molecule has 0 fully saturated rings. The van der Waals surface area contributed by atoms with E-state index in [1.54, 1.807) is 0 Å². The van der Waals surface area contributed by atoms with Gasteiger partial charge in [-0.2, -0.15) is 0 Å². The van der Waals surface area contributed by atoms with Crippen molar-refractivity contribution in [3.05, 3.63) is 66.7 Å². The van der Waals surface area contributed by atoms with Crippen molar-refractivity contribution in [3.63, 3.8) is 0 Å². The molecule has 0 saturated carbocycles. The summed E-state index contributed by atoms with van der Waals surface area (Å²) in [4.78, 5) is 0. The number of benzene rings is 2. The smallest absolute Gasteiger partial charge is 0.0109 e. The van der Waals surface area contributed by atoms with Crippen molar-refractivity contribution < 1.29 is 0 Å². The van der Waals surface area contributed by atoms with Gasteiger partial charge in [-0.05, 0) is 28.7 Å². The van der Waals surface area contributed by atoms with Crippen molar-refractivity contribution in [2.45, 2.75) is 27.2 Å². The maximum absolute atomic E-state index is 4.13. The van der Waals surface area contributed by atoms with Crippen molar-refractivity contribution in [2.24, 2.45) is 0 Å². The van der Waals surface area contributed by atoms with Gasteiger partial charge < -0.3 is 0 Å². The van der Waals surface area contributed by atoms with Gasteiger partial charge in [0.1, 0.15) is 0 Å². The molecule has 0 nitrogen and oxygen atoms in total. The molecular weight excluding hydrogens is 216 g/mol. The van der Waals surface area contributed by atoms with Crippen molar-refractivity contribution in [2.75, 3.05) is 0 Å². The first-order chi connectivity index (χ1) is 8.83. The monoisotopic (exact) mass is 238 g/mol. The summed E-state index contributed by atoms with van der Waals surface area (Å²) in [5.74, 6) is 0. The Hall–Kier alpha value is -1.82. The third kappa shape index (κ3) is 3.33. The second-order valence-electron chi connectivity index (χ2n) is 3.87. The third-order valence-corrected chi connectivity index (χ3v) is 2.82. The van der Waals surface area contributed by atoms with Crippen LogP contribution in [0.25, 0.3) is 16.7 Å². The molecule has 0 radical (unpaired) electrons. The van der Waals surface area contributed by atoms with Gasteiger partial charge in [-0.1, -0.05) is 81.9 Å². The Kier molecular flexibility index (Phi) is 5.93. The summed E-state index contributed by atoms with van der Waals surface area (Å²) < 4.78 is 0. The van der Waals surface area contributed by atoms with Gasteiger partial charge >= 0.3 is 0 Å². The van der Waals surface area contributed by atoms with Crippen molar-refractivity contribution in [3.8, 4) is 11.1 Å². The summed E-state index contributed by atoms with van der Waals surface area (Å²) in [6, 6.07) is 18.9. The van der Waals surface area contributed by atoms with Crippen molar-refractivity contribution in [1.29, 1.82) is 0 Å². The molecule has 0 spiro atoms. The highest BCUT2D eigenvalue weighted by Crippen LogP contribution is 2.29. The van der Waals surface area contributed by atoms with E-state index in [2.05, 4.69) is 62.0 Å². The minimum Gasteiger partial charge on any atom is -0.0952 e. The van der Waals surface area contributed by atoms with Crippen LogP contribution < -0.4 is 0 Å². The van der Waals surface area contributed by atoms with E-state index >= 15 is 0 Å². The molecule has 2 aromatic carbocycles. The lowest BCUT2D eigenvalue weighted by atomic mass is 9.94. The first kappa shape index (κ1) is 14.2. The fourth-order valence-corrected chi connectivity index (χ4v) is 1.85. The molecule has 0 bridgehead atoms. The first-order valence-electron chi connectivity index (χ1n) is 6.65. The SMILES string of the molecule is C=C(CC)c1ccccc1-c1ccccc1.CC. The van der Waals surface area contributed by atoms with Crippen LogP contribution in [0.1, 0.15) is 32.8 Å². The van der Waals surface area contributed by atoms with Gasteiger partial charge in [-0.15, -0.1) is 0 Å². The molecule has 18 heavy (non-hydrogen) atoms. The van der Waals surface area contributed by atoms with Crippen LogP contribution >= 0.6 is 0 Å². The van der Waals surface area contributed by atoms with Crippen LogP contribution in [0.15, 0.2) is 61.2 Å². The maximum Gasteiger partial charge on any atom is -0.0109 e. The van der Waals surface area contributed by atoms with Crippen LogP contribution in [0.5, 0.6) is 0 Å². The lowest BCUT2D eigenvalue weighted by Crippen LogP contribution is -1.87. The topological polar surface area (TPSA) is 0 Å². The normalized spacial score (nSPS) is 9.28. The molecule has 0 saturated heterocycles. The minimum atomic E-state index is 0.990. The standard InChI is InChI=1S/C16H16.C2H6/c1-3-13(2)15-11-7-8-12-16(15)14-9-5-4-6-10-14;1-2/h4-12H,2-3H2,1H3;1-2H3. The molecule has 0 heterocycles. The highest BCUT2D eigenvalue weighted by Gasteiger charge is 2.05. The van der Waals surface area contributed by atoms with Gasteiger partial charge in [-0.3, -0.25) is 0 Å². The largest absolute Gasteiger partial charge is 0.0952 e. The van der Waals surface area contributed by atoms with Gasteiger partial charge in [0.15, 0.2) is 0 Å². The first-order valence-corrected chi connectivity index (χ1v) is 6.65. The second kappa shape index (κ2) is 7.50. The highest BCUT2D eigenvalue weighted by molar-refractivity contribution is 5.80. The summed E-state index contributed by atoms with van der Waals surface area (Å²) in [5.41, 5.74) is 4.98. The number of allylic oxidation sites excluding steroid dienone is 1. The van der Waals surface area contributed by atoms with Gasteiger partial charge in [0.2, 0.25) is 0 Å². The molecule has 94 valence electrons. The van der Waals surface area contributed by atoms with E-state index in [0.29, 0.717) is 0 Å². The molecule has 0 aliphatic carbocycles. The van der Waals surface area contributed by atoms with E-state index in [1.807, 2.05) is 19.9 Å². The van der Waals surface area contributed by atoms with E-state index in [9.17, 15) is 0 Å². The second-order valence-corrected chi connectivity index (χ2v) is 3.87. The van der Waals surface area contributed by atoms with Crippen molar-refractivity contribution >= 4 is 5.57 Å². The van der Waals surface area contributed by atoms with Crippen LogP contribution in [-0.4, -0.2) is 0 Å². The Morgan fingerprint density at radius 1 is 0.889 bits per heavy atom. The third-order valence-electron chi connectivity index (χ3n) is 2.82. The molecule has 2 rings (SSSR count). The molecule has 0 N–H and O–H groups in total. The molecule has 0 unspecified atom stereocenters. The zero-order valence-electron chi connectivity index (χ0n) is 11.6. The minimum absolute atomic E-state index is 0.990. The average Bonchev–Trinajstić information content (AvgIpc) is 2.49. The molecule has 0 amide bonds. The average molecular weight is 238 g/mol. The fraction of sp³-hybridized carbons (Fsp3) is 0.222. The summed E-state index contributed by atoms with van der Waals surface area (Å²) in [6.45, 7) is 10.3. The van der Waals surface area contributed by atoms with Crippen LogP contribution in [0.2, 0.25) is 0 Å². The quantitative estimate of drug-likeness (QED) is 0.633. The predicted octanol–water partition coefficient (Wildman–Crippen LogP) is 5.80. The number of rotatable bonds is 3. The van der Waals surface area contributed by atoms with Gasteiger partial charge in [-0.25, -0.2) is 0 Å². The molecule has 0 aliphatic rings. The maximum atomic E-state index is 4.13. The van der Waals surface area contributed by atoms with Crippen LogP contribution in [0.3, 0.4) is 0 Å². The van der Waals surface area contributed by atoms with Crippen molar-refractivity contribution in [1.82, 2.24) is 0 Å². The van der Waals surface area contributed by atoms with Gasteiger partial charge in [0.25, 0.3) is 0 Å². The zero-order valence-corrected chi connectivity index (χ0v) is 11.6. The van der Waals surface area contributed by atoms with E-state index in [4.69, 9.17) is 0 Å². The summed E-state index contributed by atoms with van der Waals surface area (Å²) >= 11 is 0. The Balaban J connectivity index is 0.000000771. The number of hydrogen-bond acceptors (Lipinski definition) is 0. The van der Waals surface area contributed by atoms with E-state index in [1.165, 1.54) is 22.3 Å². The van der Waals surface area contributed by atoms with Gasteiger partial charge in [0.05, 0.1) is 0 Å². The van der Waals surface area contributed by atoms with Gasteiger partial charge in [0, 0.05) is 0 Å². The Labute approximate surface area is 111 Å². The molecule has 2 aromatic rings. The summed E-state index contributed by atoms with van der Waals surface area (Å²) in [6.07, 6.45) is 0.990.